The SMILES string of the molecule is CCOc1ccc(CCNC(=O)CNC(=O)C23CC4CC(CC(C4)C2)C3)cc1OCC. The van der Waals surface area contributed by atoms with E-state index < -0.39 is 0 Å². The van der Waals surface area contributed by atoms with Gasteiger partial charge in [0.05, 0.1) is 19.8 Å². The summed E-state index contributed by atoms with van der Waals surface area (Å²) in [4.78, 5) is 25.3. The van der Waals surface area contributed by atoms with Crippen LogP contribution in [-0.2, 0) is 16.0 Å². The molecule has 0 aliphatic heterocycles. The summed E-state index contributed by atoms with van der Waals surface area (Å²) in [7, 11) is 0. The number of benzene rings is 1. The Morgan fingerprint density at radius 1 is 0.935 bits per heavy atom. The maximum absolute atomic E-state index is 13.0. The fraction of sp³-hybridized carbons (Fsp3) is 0.680. The van der Waals surface area contributed by atoms with Crippen molar-refractivity contribution in [2.24, 2.45) is 23.2 Å². The molecule has 0 heterocycles. The quantitative estimate of drug-likeness (QED) is 0.598. The van der Waals surface area contributed by atoms with E-state index in [9.17, 15) is 9.59 Å². The average molecular weight is 429 g/mol. The van der Waals surface area contributed by atoms with Crippen LogP contribution in [0, 0.1) is 23.2 Å². The Bertz CT molecular complexity index is 771. The number of hydrogen-bond donors (Lipinski definition) is 2. The largest absolute Gasteiger partial charge is 0.490 e. The van der Waals surface area contributed by atoms with Gasteiger partial charge in [-0.05, 0) is 94.2 Å². The van der Waals surface area contributed by atoms with E-state index in [4.69, 9.17) is 9.47 Å². The predicted molar refractivity (Wildman–Crippen MR) is 119 cm³/mol. The van der Waals surface area contributed by atoms with E-state index in [1.54, 1.807) is 0 Å². The summed E-state index contributed by atoms with van der Waals surface area (Å²) in [6, 6.07) is 5.88. The van der Waals surface area contributed by atoms with Gasteiger partial charge in [0.15, 0.2) is 11.5 Å². The summed E-state index contributed by atoms with van der Waals surface area (Å²) in [6.07, 6.45) is 7.68. The molecule has 0 atom stereocenters. The highest BCUT2D eigenvalue weighted by molar-refractivity contribution is 5.88. The molecular formula is C25H36N2O4. The van der Waals surface area contributed by atoms with Crippen molar-refractivity contribution in [3.05, 3.63) is 23.8 Å². The van der Waals surface area contributed by atoms with E-state index in [0.29, 0.717) is 26.2 Å². The molecule has 1 aromatic carbocycles. The number of ether oxygens (including phenoxy) is 2. The molecule has 6 heteroatoms. The molecular weight excluding hydrogens is 392 g/mol. The molecule has 170 valence electrons. The minimum absolute atomic E-state index is 0.0635. The Morgan fingerprint density at radius 2 is 1.55 bits per heavy atom. The fourth-order valence-corrected chi connectivity index (χ4v) is 6.40. The predicted octanol–water partition coefficient (Wildman–Crippen LogP) is 3.48. The van der Waals surface area contributed by atoms with Crippen LogP contribution >= 0.6 is 0 Å². The van der Waals surface area contributed by atoms with Crippen LogP contribution < -0.4 is 20.1 Å². The number of carbonyl (C=O) groups is 2. The molecule has 1 aromatic rings. The number of rotatable bonds is 10. The van der Waals surface area contributed by atoms with Crippen molar-refractivity contribution in [3.8, 4) is 11.5 Å². The zero-order valence-electron chi connectivity index (χ0n) is 18.9. The molecule has 0 saturated heterocycles. The Kier molecular flexibility index (Phi) is 6.73. The van der Waals surface area contributed by atoms with Crippen molar-refractivity contribution in [2.75, 3.05) is 26.3 Å². The van der Waals surface area contributed by atoms with Gasteiger partial charge in [-0.1, -0.05) is 6.07 Å². The minimum atomic E-state index is -0.201. The van der Waals surface area contributed by atoms with Gasteiger partial charge in [-0.3, -0.25) is 9.59 Å². The van der Waals surface area contributed by atoms with Gasteiger partial charge in [0.2, 0.25) is 11.8 Å². The third-order valence-electron chi connectivity index (χ3n) is 7.27. The van der Waals surface area contributed by atoms with Crippen LogP contribution in [0.15, 0.2) is 18.2 Å². The van der Waals surface area contributed by atoms with Gasteiger partial charge in [-0.2, -0.15) is 0 Å². The first-order chi connectivity index (χ1) is 15.0. The van der Waals surface area contributed by atoms with Crippen molar-refractivity contribution in [3.63, 3.8) is 0 Å². The van der Waals surface area contributed by atoms with Crippen LogP contribution in [0.2, 0.25) is 0 Å². The van der Waals surface area contributed by atoms with E-state index in [2.05, 4.69) is 10.6 Å². The summed E-state index contributed by atoms with van der Waals surface area (Å²) in [5.74, 6) is 3.62. The molecule has 5 rings (SSSR count). The van der Waals surface area contributed by atoms with Gasteiger partial charge < -0.3 is 20.1 Å². The standard InChI is InChI=1S/C25H36N2O4/c1-3-30-21-6-5-17(12-22(21)31-4-2)7-8-26-23(28)16-27-24(29)25-13-18-9-19(14-25)11-20(10-18)15-25/h5-6,12,18-20H,3-4,7-11,13-16H2,1-2H3,(H,26,28)(H,27,29). The molecule has 0 radical (unpaired) electrons. The van der Waals surface area contributed by atoms with Gasteiger partial charge in [0.1, 0.15) is 0 Å². The van der Waals surface area contributed by atoms with Crippen LogP contribution in [0.4, 0.5) is 0 Å². The van der Waals surface area contributed by atoms with Crippen molar-refractivity contribution in [1.29, 1.82) is 0 Å². The van der Waals surface area contributed by atoms with Crippen LogP contribution in [0.1, 0.15) is 57.9 Å². The summed E-state index contributed by atoms with van der Waals surface area (Å²) in [5.41, 5.74) is 0.873. The Labute approximate surface area is 185 Å². The Hall–Kier alpha value is -2.24. The molecule has 6 nitrogen and oxygen atoms in total. The number of nitrogens with one attached hydrogen (secondary N) is 2. The van der Waals surface area contributed by atoms with E-state index in [0.717, 1.165) is 54.1 Å². The zero-order chi connectivity index (χ0) is 21.8. The molecule has 0 spiro atoms. The van der Waals surface area contributed by atoms with Gasteiger partial charge in [-0.15, -0.1) is 0 Å². The van der Waals surface area contributed by atoms with E-state index in [1.807, 2.05) is 32.0 Å². The summed E-state index contributed by atoms with van der Waals surface area (Å²) < 4.78 is 11.3. The first-order valence-electron chi connectivity index (χ1n) is 11.9. The first-order valence-corrected chi connectivity index (χ1v) is 11.9. The third kappa shape index (κ3) is 4.99. The smallest absolute Gasteiger partial charge is 0.239 e. The highest BCUT2D eigenvalue weighted by atomic mass is 16.5. The molecule has 4 bridgehead atoms. The van der Waals surface area contributed by atoms with Gasteiger partial charge in [0.25, 0.3) is 0 Å². The molecule has 4 aliphatic rings. The topological polar surface area (TPSA) is 76.7 Å². The number of amides is 2. The minimum Gasteiger partial charge on any atom is -0.490 e. The number of hydrogen-bond acceptors (Lipinski definition) is 4. The molecule has 2 N–H and O–H groups in total. The first kappa shape index (κ1) is 22.0. The lowest BCUT2D eigenvalue weighted by molar-refractivity contribution is -0.147. The van der Waals surface area contributed by atoms with Crippen LogP contribution in [0.3, 0.4) is 0 Å². The second kappa shape index (κ2) is 9.49. The molecule has 2 amide bonds. The van der Waals surface area contributed by atoms with Crippen LogP contribution in [0.5, 0.6) is 11.5 Å². The van der Waals surface area contributed by atoms with Gasteiger partial charge >= 0.3 is 0 Å². The van der Waals surface area contributed by atoms with Gasteiger partial charge in [0, 0.05) is 12.0 Å². The Morgan fingerprint density at radius 3 is 2.16 bits per heavy atom. The maximum atomic E-state index is 13.0. The third-order valence-corrected chi connectivity index (χ3v) is 7.27. The summed E-state index contributed by atoms with van der Waals surface area (Å²) in [5, 5.41) is 5.87. The van der Waals surface area contributed by atoms with Crippen molar-refractivity contribution in [1.82, 2.24) is 10.6 Å². The van der Waals surface area contributed by atoms with Crippen molar-refractivity contribution >= 4 is 11.8 Å². The lowest BCUT2D eigenvalue weighted by Gasteiger charge is -2.55. The second-order valence-electron chi connectivity index (χ2n) is 9.63. The molecule has 4 saturated carbocycles. The van der Waals surface area contributed by atoms with Crippen LogP contribution in [0.25, 0.3) is 0 Å². The molecule has 4 aliphatic carbocycles. The van der Waals surface area contributed by atoms with Gasteiger partial charge in [-0.25, -0.2) is 0 Å². The second-order valence-corrected chi connectivity index (χ2v) is 9.63. The molecule has 31 heavy (non-hydrogen) atoms. The summed E-state index contributed by atoms with van der Waals surface area (Å²) in [6.45, 7) is 5.63. The fourth-order valence-electron chi connectivity index (χ4n) is 6.40. The van der Waals surface area contributed by atoms with Crippen molar-refractivity contribution in [2.45, 2.75) is 58.8 Å². The lowest BCUT2D eigenvalue weighted by Crippen LogP contribution is -2.54. The van der Waals surface area contributed by atoms with Crippen LogP contribution in [-0.4, -0.2) is 38.1 Å². The van der Waals surface area contributed by atoms with E-state index in [-0.39, 0.29) is 23.8 Å². The van der Waals surface area contributed by atoms with E-state index in [1.165, 1.54) is 19.3 Å². The van der Waals surface area contributed by atoms with E-state index >= 15 is 0 Å². The summed E-state index contributed by atoms with van der Waals surface area (Å²) >= 11 is 0. The monoisotopic (exact) mass is 428 g/mol. The lowest BCUT2D eigenvalue weighted by atomic mass is 9.49. The molecule has 0 unspecified atom stereocenters. The van der Waals surface area contributed by atoms with Crippen molar-refractivity contribution < 1.29 is 19.1 Å². The highest BCUT2D eigenvalue weighted by Crippen LogP contribution is 2.60. The average Bonchev–Trinajstić information content (AvgIpc) is 2.73. The molecule has 4 fully saturated rings. The zero-order valence-corrected chi connectivity index (χ0v) is 18.9. The normalized spacial score (nSPS) is 28.3. The highest BCUT2D eigenvalue weighted by Gasteiger charge is 2.54. The molecule has 0 aromatic heterocycles. The number of carbonyl (C=O) groups excluding carboxylic acids is 2. The Balaban J connectivity index is 1.22. The maximum Gasteiger partial charge on any atom is 0.239 e.